The highest BCUT2D eigenvalue weighted by Gasteiger charge is 2.35. The number of nitrogens with two attached hydrogens (primary N) is 1. The quantitative estimate of drug-likeness (QED) is 0.840. The summed E-state index contributed by atoms with van der Waals surface area (Å²) in [6.07, 6.45) is 5.00. The fourth-order valence-corrected chi connectivity index (χ4v) is 2.73. The van der Waals surface area contributed by atoms with Crippen LogP contribution in [0.25, 0.3) is 0 Å². The third-order valence-electron chi connectivity index (χ3n) is 4.33. The minimum Gasteiger partial charge on any atom is -0.372 e. The monoisotopic (exact) mass is 250 g/mol. The van der Waals surface area contributed by atoms with Gasteiger partial charge in [0.25, 0.3) is 0 Å². The van der Waals surface area contributed by atoms with E-state index in [9.17, 15) is 4.39 Å². The van der Waals surface area contributed by atoms with Crippen molar-refractivity contribution in [2.24, 2.45) is 11.1 Å². The molecule has 2 nitrogen and oxygen atoms in total. The maximum Gasteiger partial charge on any atom is 0.123 e. The van der Waals surface area contributed by atoms with Gasteiger partial charge in [-0.25, -0.2) is 4.39 Å². The molecule has 1 saturated carbocycles. The van der Waals surface area contributed by atoms with Crippen LogP contribution >= 0.6 is 0 Å². The molecule has 100 valence electrons. The van der Waals surface area contributed by atoms with Gasteiger partial charge in [0, 0.05) is 18.8 Å². The van der Waals surface area contributed by atoms with Gasteiger partial charge in [-0.05, 0) is 62.4 Å². The predicted molar refractivity (Wildman–Crippen MR) is 74.2 cm³/mol. The highest BCUT2D eigenvalue weighted by Crippen LogP contribution is 2.43. The van der Waals surface area contributed by atoms with Crippen LogP contribution in [0.15, 0.2) is 24.3 Å². The summed E-state index contributed by atoms with van der Waals surface area (Å²) in [6, 6.07) is 6.77. The van der Waals surface area contributed by atoms with Gasteiger partial charge in [0.15, 0.2) is 0 Å². The molecule has 0 atom stereocenters. The normalized spacial score (nSPS) is 17.3. The summed E-state index contributed by atoms with van der Waals surface area (Å²) in [7, 11) is 0. The smallest absolute Gasteiger partial charge is 0.123 e. The first-order valence-electron chi connectivity index (χ1n) is 6.90. The molecule has 0 amide bonds. The molecule has 0 spiro atoms. The summed E-state index contributed by atoms with van der Waals surface area (Å²) in [4.78, 5) is 2.30. The third-order valence-corrected chi connectivity index (χ3v) is 4.33. The van der Waals surface area contributed by atoms with Crippen LogP contribution in [0.2, 0.25) is 0 Å². The van der Waals surface area contributed by atoms with Crippen molar-refractivity contribution in [2.75, 3.05) is 24.5 Å². The lowest BCUT2D eigenvalue weighted by Crippen LogP contribution is -2.40. The summed E-state index contributed by atoms with van der Waals surface area (Å²) < 4.78 is 12.9. The number of benzene rings is 1. The van der Waals surface area contributed by atoms with Gasteiger partial charge in [0.2, 0.25) is 0 Å². The Balaban J connectivity index is 1.95. The molecule has 0 saturated heterocycles. The van der Waals surface area contributed by atoms with E-state index in [-0.39, 0.29) is 5.82 Å². The molecule has 1 aromatic rings. The van der Waals surface area contributed by atoms with Crippen LogP contribution in [0.5, 0.6) is 0 Å². The van der Waals surface area contributed by atoms with E-state index in [1.807, 2.05) is 12.1 Å². The number of anilines is 1. The Hall–Kier alpha value is -1.09. The van der Waals surface area contributed by atoms with Gasteiger partial charge in [-0.2, -0.15) is 0 Å². The first kappa shape index (κ1) is 13.3. The molecule has 1 aromatic carbocycles. The minimum atomic E-state index is -0.174. The number of hydrogen-bond acceptors (Lipinski definition) is 2. The summed E-state index contributed by atoms with van der Waals surface area (Å²) in [6.45, 7) is 4.90. The molecule has 1 aliphatic carbocycles. The second-order valence-corrected chi connectivity index (χ2v) is 5.36. The van der Waals surface area contributed by atoms with Gasteiger partial charge < -0.3 is 10.6 Å². The average Bonchev–Trinajstić information content (AvgIpc) is 2.35. The zero-order valence-corrected chi connectivity index (χ0v) is 11.2. The molecule has 0 bridgehead atoms. The zero-order chi connectivity index (χ0) is 13.0. The van der Waals surface area contributed by atoms with Gasteiger partial charge in [0.1, 0.15) is 5.82 Å². The van der Waals surface area contributed by atoms with E-state index in [1.165, 1.54) is 31.4 Å². The molecule has 0 radical (unpaired) electrons. The topological polar surface area (TPSA) is 29.3 Å². The number of hydrogen-bond donors (Lipinski definition) is 1. The SMILES string of the molecule is CCN(CCC1(CN)CCC1)c1ccc(F)cc1. The summed E-state index contributed by atoms with van der Waals surface area (Å²) in [5.74, 6) is -0.174. The van der Waals surface area contributed by atoms with Crippen LogP contribution in [-0.2, 0) is 0 Å². The maximum atomic E-state index is 12.9. The van der Waals surface area contributed by atoms with Crippen molar-refractivity contribution in [3.63, 3.8) is 0 Å². The molecule has 1 fully saturated rings. The van der Waals surface area contributed by atoms with Crippen LogP contribution in [-0.4, -0.2) is 19.6 Å². The minimum absolute atomic E-state index is 0.174. The molecule has 2 rings (SSSR count). The van der Waals surface area contributed by atoms with Crippen molar-refractivity contribution in [1.82, 2.24) is 0 Å². The van der Waals surface area contributed by atoms with Gasteiger partial charge in [-0.3, -0.25) is 0 Å². The Bertz CT molecular complexity index is 365. The van der Waals surface area contributed by atoms with Crippen molar-refractivity contribution < 1.29 is 4.39 Å². The van der Waals surface area contributed by atoms with Crippen molar-refractivity contribution in [1.29, 1.82) is 0 Å². The molecule has 2 N–H and O–H groups in total. The van der Waals surface area contributed by atoms with E-state index in [4.69, 9.17) is 5.73 Å². The molecule has 1 aliphatic rings. The summed E-state index contributed by atoms with van der Waals surface area (Å²) in [5, 5.41) is 0. The maximum absolute atomic E-state index is 12.9. The van der Waals surface area contributed by atoms with E-state index in [1.54, 1.807) is 0 Å². The van der Waals surface area contributed by atoms with E-state index in [0.29, 0.717) is 5.41 Å². The first-order chi connectivity index (χ1) is 8.69. The highest BCUT2D eigenvalue weighted by atomic mass is 19.1. The van der Waals surface area contributed by atoms with E-state index in [0.717, 1.165) is 31.7 Å². The fraction of sp³-hybridized carbons (Fsp3) is 0.600. The second-order valence-electron chi connectivity index (χ2n) is 5.36. The van der Waals surface area contributed by atoms with Crippen molar-refractivity contribution in [2.45, 2.75) is 32.6 Å². The molecule has 0 aliphatic heterocycles. The molecule has 18 heavy (non-hydrogen) atoms. The Morgan fingerprint density at radius 3 is 2.39 bits per heavy atom. The highest BCUT2D eigenvalue weighted by molar-refractivity contribution is 5.46. The molecule has 3 heteroatoms. The van der Waals surface area contributed by atoms with Crippen LogP contribution in [0.3, 0.4) is 0 Å². The average molecular weight is 250 g/mol. The lowest BCUT2D eigenvalue weighted by molar-refractivity contribution is 0.133. The standard InChI is InChI=1S/C15H23FN2/c1-2-18(14-6-4-13(16)5-7-14)11-10-15(12-17)8-3-9-15/h4-7H,2-3,8-12,17H2,1H3. The third kappa shape index (κ3) is 2.83. The summed E-state index contributed by atoms with van der Waals surface area (Å²) >= 11 is 0. The Labute approximate surface area is 109 Å². The first-order valence-corrected chi connectivity index (χ1v) is 6.90. The Morgan fingerprint density at radius 2 is 1.94 bits per heavy atom. The van der Waals surface area contributed by atoms with E-state index >= 15 is 0 Å². The van der Waals surface area contributed by atoms with Gasteiger partial charge >= 0.3 is 0 Å². The van der Waals surface area contributed by atoms with Crippen LogP contribution in [0.1, 0.15) is 32.6 Å². The predicted octanol–water partition coefficient (Wildman–Crippen LogP) is 3.17. The van der Waals surface area contributed by atoms with Crippen molar-refractivity contribution in [3.8, 4) is 0 Å². The Morgan fingerprint density at radius 1 is 1.28 bits per heavy atom. The Kier molecular flexibility index (Phi) is 4.23. The molecular formula is C15H23FN2. The molecule has 0 heterocycles. The van der Waals surface area contributed by atoms with Gasteiger partial charge in [0.05, 0.1) is 0 Å². The van der Waals surface area contributed by atoms with Crippen LogP contribution in [0.4, 0.5) is 10.1 Å². The van der Waals surface area contributed by atoms with E-state index in [2.05, 4.69) is 11.8 Å². The largest absolute Gasteiger partial charge is 0.372 e. The van der Waals surface area contributed by atoms with Crippen molar-refractivity contribution >= 4 is 5.69 Å². The number of halogens is 1. The van der Waals surface area contributed by atoms with Gasteiger partial charge in [-0.15, -0.1) is 0 Å². The van der Waals surface area contributed by atoms with E-state index < -0.39 is 0 Å². The zero-order valence-electron chi connectivity index (χ0n) is 11.2. The molecular weight excluding hydrogens is 227 g/mol. The number of nitrogens with zero attached hydrogens (tertiary/aromatic N) is 1. The molecule has 0 aromatic heterocycles. The lowest BCUT2D eigenvalue weighted by atomic mass is 9.66. The van der Waals surface area contributed by atoms with Crippen molar-refractivity contribution in [3.05, 3.63) is 30.1 Å². The second kappa shape index (κ2) is 5.70. The summed E-state index contributed by atoms with van der Waals surface area (Å²) in [5.41, 5.74) is 7.37. The fourth-order valence-electron chi connectivity index (χ4n) is 2.73. The number of rotatable bonds is 6. The van der Waals surface area contributed by atoms with Crippen LogP contribution < -0.4 is 10.6 Å². The lowest BCUT2D eigenvalue weighted by Gasteiger charge is -2.42. The van der Waals surface area contributed by atoms with Crippen LogP contribution in [0, 0.1) is 11.2 Å². The van der Waals surface area contributed by atoms with Gasteiger partial charge in [-0.1, -0.05) is 6.42 Å². The molecule has 0 unspecified atom stereocenters.